The number of carbonyl (C=O) groups excluding carboxylic acids is 2. The molecule has 1 saturated heterocycles. The molecule has 0 N–H and O–H groups in total. The first-order valence-electron chi connectivity index (χ1n) is 7.25. The highest BCUT2D eigenvalue weighted by atomic mass is 16.2. The molecule has 0 bridgehead atoms. The molecule has 1 amide bonds. The Balaban J connectivity index is 1.79. The Morgan fingerprint density at radius 1 is 1.04 bits per heavy atom. The normalized spacial score (nSPS) is 16.0. The van der Waals surface area contributed by atoms with Crippen LogP contribution in [0, 0.1) is 11.3 Å². The summed E-state index contributed by atoms with van der Waals surface area (Å²) in [4.78, 5) is 25.8. The Morgan fingerprint density at radius 3 is 2.39 bits per heavy atom. The molecule has 0 unspecified atom stereocenters. The van der Waals surface area contributed by atoms with Crippen LogP contribution in [0.2, 0.25) is 0 Å². The summed E-state index contributed by atoms with van der Waals surface area (Å²) in [5.74, 6) is -0.918. The minimum atomic E-state index is -0.464. The van der Waals surface area contributed by atoms with Crippen LogP contribution in [0.15, 0.2) is 60.2 Å². The lowest BCUT2D eigenvalue weighted by atomic mass is 10.1. The van der Waals surface area contributed by atoms with Gasteiger partial charge in [-0.3, -0.25) is 9.59 Å². The second-order valence-corrected chi connectivity index (χ2v) is 5.38. The molecule has 0 radical (unpaired) electrons. The zero-order valence-corrected chi connectivity index (χ0v) is 12.4. The molecule has 4 nitrogen and oxygen atoms in total. The lowest BCUT2D eigenvalue weighted by molar-refractivity contribution is -0.139. The number of hydrogen-bond acceptors (Lipinski definition) is 3. The number of nitrogens with zero attached hydrogens (tertiary/aromatic N) is 2. The van der Waals surface area contributed by atoms with E-state index in [-0.39, 0.29) is 0 Å². The third-order valence-electron chi connectivity index (χ3n) is 3.73. The Kier molecular flexibility index (Phi) is 4.03. The number of ketones is 1. The summed E-state index contributed by atoms with van der Waals surface area (Å²) >= 11 is 0. The van der Waals surface area contributed by atoms with Crippen molar-refractivity contribution in [2.45, 2.75) is 6.54 Å². The van der Waals surface area contributed by atoms with E-state index in [4.69, 9.17) is 5.26 Å². The fraction of sp³-hybridized carbons (Fsp3) is 0.105. The number of rotatable bonds is 3. The smallest absolute Gasteiger partial charge is 0.295 e. The fourth-order valence-corrected chi connectivity index (χ4v) is 2.53. The van der Waals surface area contributed by atoms with E-state index in [0.717, 1.165) is 11.1 Å². The molecule has 1 heterocycles. The zero-order chi connectivity index (χ0) is 16.2. The van der Waals surface area contributed by atoms with Crippen LogP contribution in [-0.2, 0) is 16.1 Å². The highest BCUT2D eigenvalue weighted by Crippen LogP contribution is 2.19. The SMILES string of the molecule is N#Cc1ccc(/C=C2/CN(Cc3ccccc3)C(=O)C2=O)cc1. The number of Topliss-reactive ketones (excluding diaryl/α,β-unsaturated/α-hetero) is 1. The standard InChI is InChI=1S/C19H14N2O2/c20-11-15-8-6-14(7-9-15)10-17-13-21(19(23)18(17)22)12-16-4-2-1-3-5-16/h1-10H,12-13H2/b17-10-. The third-order valence-corrected chi connectivity index (χ3v) is 3.73. The van der Waals surface area contributed by atoms with Crippen molar-refractivity contribution < 1.29 is 9.59 Å². The van der Waals surface area contributed by atoms with E-state index >= 15 is 0 Å². The molecule has 4 heteroatoms. The first-order valence-corrected chi connectivity index (χ1v) is 7.25. The number of amides is 1. The molecule has 2 aromatic rings. The summed E-state index contributed by atoms with van der Waals surface area (Å²) in [6, 6.07) is 18.6. The molecule has 1 aliphatic rings. The van der Waals surface area contributed by atoms with Crippen molar-refractivity contribution in [1.82, 2.24) is 4.90 Å². The molecule has 23 heavy (non-hydrogen) atoms. The summed E-state index contributed by atoms with van der Waals surface area (Å²) in [5.41, 5.74) is 2.84. The van der Waals surface area contributed by atoms with Crippen LogP contribution in [0.4, 0.5) is 0 Å². The van der Waals surface area contributed by atoms with Crippen LogP contribution < -0.4 is 0 Å². The van der Waals surface area contributed by atoms with Crippen LogP contribution in [0.5, 0.6) is 0 Å². The summed E-state index contributed by atoms with van der Waals surface area (Å²) in [5, 5.41) is 8.79. The van der Waals surface area contributed by atoms with Crippen LogP contribution >= 0.6 is 0 Å². The van der Waals surface area contributed by atoms with Crippen molar-refractivity contribution in [3.8, 4) is 6.07 Å². The minimum absolute atomic E-state index is 0.312. The summed E-state index contributed by atoms with van der Waals surface area (Å²) in [6.45, 7) is 0.739. The molecule has 1 fully saturated rings. The predicted octanol–water partition coefficient (Wildman–Crippen LogP) is 2.55. The number of nitriles is 1. The first-order chi connectivity index (χ1) is 11.2. The van der Waals surface area contributed by atoms with Crippen molar-refractivity contribution in [2.24, 2.45) is 0 Å². The van der Waals surface area contributed by atoms with E-state index in [1.807, 2.05) is 36.4 Å². The maximum atomic E-state index is 12.1. The average molecular weight is 302 g/mol. The van der Waals surface area contributed by atoms with Gasteiger partial charge in [0.05, 0.1) is 18.2 Å². The Morgan fingerprint density at radius 2 is 1.74 bits per heavy atom. The van der Waals surface area contributed by atoms with Gasteiger partial charge in [0.1, 0.15) is 0 Å². The van der Waals surface area contributed by atoms with Gasteiger partial charge in [-0.25, -0.2) is 0 Å². The highest BCUT2D eigenvalue weighted by Gasteiger charge is 2.33. The third kappa shape index (κ3) is 3.19. The summed E-state index contributed by atoms with van der Waals surface area (Å²) in [6.07, 6.45) is 1.71. The van der Waals surface area contributed by atoms with Gasteiger partial charge in [0.15, 0.2) is 0 Å². The molecule has 0 atom stereocenters. The monoisotopic (exact) mass is 302 g/mol. The molecule has 112 valence electrons. The fourth-order valence-electron chi connectivity index (χ4n) is 2.53. The van der Waals surface area contributed by atoms with Gasteiger partial charge in [-0.2, -0.15) is 5.26 Å². The van der Waals surface area contributed by atoms with Crippen molar-refractivity contribution in [1.29, 1.82) is 5.26 Å². The molecular weight excluding hydrogens is 288 g/mol. The van der Waals surface area contributed by atoms with Crippen LogP contribution in [0.25, 0.3) is 6.08 Å². The number of carbonyl (C=O) groups is 2. The molecular formula is C19H14N2O2. The van der Waals surface area contributed by atoms with Crippen molar-refractivity contribution in [3.63, 3.8) is 0 Å². The number of likely N-dealkylation sites (tertiary alicyclic amines) is 1. The quantitative estimate of drug-likeness (QED) is 0.646. The maximum Gasteiger partial charge on any atom is 0.295 e. The number of benzene rings is 2. The summed E-state index contributed by atoms with van der Waals surface area (Å²) < 4.78 is 0. The average Bonchev–Trinajstić information content (AvgIpc) is 2.84. The molecule has 3 rings (SSSR count). The summed E-state index contributed by atoms with van der Waals surface area (Å²) in [7, 11) is 0. The molecule has 1 aliphatic heterocycles. The van der Waals surface area contributed by atoms with Gasteiger partial charge in [-0.15, -0.1) is 0 Å². The van der Waals surface area contributed by atoms with E-state index < -0.39 is 11.7 Å². The van der Waals surface area contributed by atoms with E-state index in [2.05, 4.69) is 0 Å². The first kappa shape index (κ1) is 14.7. The predicted molar refractivity (Wildman–Crippen MR) is 86.0 cm³/mol. The number of hydrogen-bond donors (Lipinski definition) is 0. The molecule has 0 spiro atoms. The highest BCUT2D eigenvalue weighted by molar-refractivity contribution is 6.45. The van der Waals surface area contributed by atoms with Crippen molar-refractivity contribution >= 4 is 17.8 Å². The van der Waals surface area contributed by atoms with Crippen LogP contribution in [0.1, 0.15) is 16.7 Å². The molecule has 0 aromatic heterocycles. The van der Waals surface area contributed by atoms with E-state index in [1.165, 1.54) is 0 Å². The van der Waals surface area contributed by atoms with E-state index in [1.54, 1.807) is 35.2 Å². The maximum absolute atomic E-state index is 12.1. The Hall–Kier alpha value is -3.19. The van der Waals surface area contributed by atoms with Gasteiger partial charge in [0.25, 0.3) is 5.91 Å². The second-order valence-electron chi connectivity index (χ2n) is 5.38. The van der Waals surface area contributed by atoms with Crippen molar-refractivity contribution in [3.05, 3.63) is 76.9 Å². The van der Waals surface area contributed by atoms with E-state index in [9.17, 15) is 9.59 Å². The largest absolute Gasteiger partial charge is 0.327 e. The van der Waals surface area contributed by atoms with Gasteiger partial charge < -0.3 is 4.90 Å². The lowest BCUT2D eigenvalue weighted by Gasteiger charge is -2.13. The Bertz CT molecular complexity index is 815. The van der Waals surface area contributed by atoms with E-state index in [0.29, 0.717) is 24.2 Å². The van der Waals surface area contributed by atoms with Gasteiger partial charge in [0, 0.05) is 12.1 Å². The molecule has 0 saturated carbocycles. The minimum Gasteiger partial charge on any atom is -0.327 e. The molecule has 0 aliphatic carbocycles. The second kappa shape index (κ2) is 6.29. The van der Waals surface area contributed by atoms with Crippen LogP contribution in [-0.4, -0.2) is 23.1 Å². The van der Waals surface area contributed by atoms with Crippen molar-refractivity contribution in [2.75, 3.05) is 6.54 Å². The zero-order valence-electron chi connectivity index (χ0n) is 12.4. The van der Waals surface area contributed by atoms with Gasteiger partial charge in [-0.1, -0.05) is 42.5 Å². The topological polar surface area (TPSA) is 61.2 Å². The molecule has 2 aromatic carbocycles. The van der Waals surface area contributed by atoms with Gasteiger partial charge >= 0.3 is 0 Å². The van der Waals surface area contributed by atoms with Gasteiger partial charge in [-0.05, 0) is 29.3 Å². The van der Waals surface area contributed by atoms with Gasteiger partial charge in [0.2, 0.25) is 5.78 Å². The lowest BCUT2D eigenvalue weighted by Crippen LogP contribution is -2.26. The Labute approximate surface area is 134 Å². The van der Waals surface area contributed by atoms with Crippen LogP contribution in [0.3, 0.4) is 0 Å².